The SMILES string of the molecule is O=C(NCc1cnn(-c2ccccc2)c1)c1ccc(NS(=O)(=O)c2ccc(O)c([N+](=O)[O-])c2)cc1. The molecule has 4 aromatic rings. The van der Waals surface area contributed by atoms with Crippen molar-refractivity contribution in [1.29, 1.82) is 0 Å². The van der Waals surface area contributed by atoms with E-state index in [0.29, 0.717) is 5.56 Å². The Balaban J connectivity index is 1.39. The number of para-hydroxylation sites is 1. The van der Waals surface area contributed by atoms with Crippen LogP contribution in [0.25, 0.3) is 5.69 Å². The lowest BCUT2D eigenvalue weighted by atomic mass is 10.2. The Hall–Kier alpha value is -4.71. The molecule has 0 spiro atoms. The topological polar surface area (TPSA) is 156 Å². The van der Waals surface area contributed by atoms with Gasteiger partial charge in [-0.2, -0.15) is 5.10 Å². The summed E-state index contributed by atoms with van der Waals surface area (Å²) in [6.45, 7) is 0.250. The monoisotopic (exact) mass is 493 g/mol. The second kappa shape index (κ2) is 9.65. The lowest BCUT2D eigenvalue weighted by Crippen LogP contribution is -2.22. The minimum absolute atomic E-state index is 0.154. The molecule has 0 saturated heterocycles. The van der Waals surface area contributed by atoms with Crippen molar-refractivity contribution in [2.45, 2.75) is 11.4 Å². The molecule has 0 aliphatic rings. The second-order valence-corrected chi connectivity index (χ2v) is 9.08. The normalized spacial score (nSPS) is 11.1. The molecular formula is C23H19N5O6S. The number of carbonyl (C=O) groups excluding carboxylic acids is 1. The van der Waals surface area contributed by atoms with Crippen molar-refractivity contribution in [3.63, 3.8) is 0 Å². The van der Waals surface area contributed by atoms with Gasteiger partial charge in [-0.15, -0.1) is 0 Å². The molecule has 0 saturated carbocycles. The van der Waals surface area contributed by atoms with E-state index in [9.17, 15) is 28.4 Å². The lowest BCUT2D eigenvalue weighted by Gasteiger charge is -2.09. The molecule has 0 aliphatic heterocycles. The first-order chi connectivity index (χ1) is 16.7. The second-order valence-electron chi connectivity index (χ2n) is 7.40. The van der Waals surface area contributed by atoms with Crippen molar-refractivity contribution in [2.24, 2.45) is 0 Å². The first-order valence-corrected chi connectivity index (χ1v) is 11.7. The molecule has 0 radical (unpaired) electrons. The summed E-state index contributed by atoms with van der Waals surface area (Å²) < 4.78 is 29.1. The molecule has 4 rings (SSSR count). The number of nitrogens with zero attached hydrogens (tertiary/aromatic N) is 3. The zero-order valence-electron chi connectivity index (χ0n) is 18.0. The van der Waals surface area contributed by atoms with Gasteiger partial charge in [0.15, 0.2) is 5.75 Å². The number of anilines is 1. The fourth-order valence-electron chi connectivity index (χ4n) is 3.18. The van der Waals surface area contributed by atoms with Gasteiger partial charge in [-0.1, -0.05) is 18.2 Å². The van der Waals surface area contributed by atoms with Crippen LogP contribution in [0.5, 0.6) is 5.75 Å². The van der Waals surface area contributed by atoms with Crippen LogP contribution in [0, 0.1) is 10.1 Å². The third-order valence-electron chi connectivity index (χ3n) is 4.96. The number of nitrogens with one attached hydrogen (secondary N) is 2. The first-order valence-electron chi connectivity index (χ1n) is 10.2. The third-order valence-corrected chi connectivity index (χ3v) is 6.34. The number of benzene rings is 3. The van der Waals surface area contributed by atoms with Gasteiger partial charge in [-0.05, 0) is 48.5 Å². The molecule has 0 fully saturated rings. The van der Waals surface area contributed by atoms with E-state index < -0.39 is 26.4 Å². The summed E-state index contributed by atoms with van der Waals surface area (Å²) in [6.07, 6.45) is 3.46. The van der Waals surface area contributed by atoms with Gasteiger partial charge in [0.05, 0.1) is 21.7 Å². The molecule has 1 aromatic heterocycles. The van der Waals surface area contributed by atoms with Crippen LogP contribution in [0.1, 0.15) is 15.9 Å². The number of aromatic hydroxyl groups is 1. The van der Waals surface area contributed by atoms with Gasteiger partial charge in [-0.25, -0.2) is 13.1 Å². The molecule has 178 valence electrons. The van der Waals surface area contributed by atoms with Crippen LogP contribution in [0.2, 0.25) is 0 Å². The van der Waals surface area contributed by atoms with E-state index in [-0.39, 0.29) is 23.0 Å². The predicted molar refractivity (Wildman–Crippen MR) is 127 cm³/mol. The van der Waals surface area contributed by atoms with Crippen LogP contribution < -0.4 is 10.0 Å². The Bertz CT molecular complexity index is 1480. The predicted octanol–water partition coefficient (Wildman–Crippen LogP) is 3.22. The van der Waals surface area contributed by atoms with Crippen molar-refractivity contribution >= 4 is 27.3 Å². The summed E-state index contributed by atoms with van der Waals surface area (Å²) in [5.74, 6) is -1.00. The Kier molecular flexibility index (Phi) is 6.46. The first kappa shape index (κ1) is 23.4. The maximum atomic E-state index is 12.6. The average Bonchev–Trinajstić information content (AvgIpc) is 3.32. The number of nitro benzene ring substituents is 1. The number of phenolic OH excluding ortho intramolecular Hbond substituents is 1. The van der Waals surface area contributed by atoms with Gasteiger partial charge in [0.1, 0.15) is 0 Å². The maximum absolute atomic E-state index is 12.6. The maximum Gasteiger partial charge on any atom is 0.312 e. The van der Waals surface area contributed by atoms with Crippen LogP contribution in [0.4, 0.5) is 11.4 Å². The smallest absolute Gasteiger partial charge is 0.312 e. The molecule has 0 unspecified atom stereocenters. The minimum Gasteiger partial charge on any atom is -0.502 e. The van der Waals surface area contributed by atoms with Crippen molar-refractivity contribution in [3.05, 3.63) is 106 Å². The van der Waals surface area contributed by atoms with Gasteiger partial charge in [0.2, 0.25) is 0 Å². The number of carbonyl (C=O) groups is 1. The minimum atomic E-state index is -4.16. The highest BCUT2D eigenvalue weighted by Crippen LogP contribution is 2.29. The van der Waals surface area contributed by atoms with Crippen LogP contribution in [0.3, 0.4) is 0 Å². The number of nitro groups is 1. The Morgan fingerprint density at radius 3 is 2.46 bits per heavy atom. The van der Waals surface area contributed by atoms with Gasteiger partial charge in [-0.3, -0.25) is 19.6 Å². The molecule has 0 atom stereocenters. The summed E-state index contributed by atoms with van der Waals surface area (Å²) in [5, 5.41) is 27.5. The molecule has 1 amide bonds. The van der Waals surface area contributed by atoms with E-state index in [4.69, 9.17) is 0 Å². The molecule has 12 heteroatoms. The van der Waals surface area contributed by atoms with Crippen LogP contribution in [0.15, 0.2) is 90.1 Å². The molecule has 11 nitrogen and oxygen atoms in total. The largest absolute Gasteiger partial charge is 0.502 e. The summed E-state index contributed by atoms with van der Waals surface area (Å²) in [5.41, 5.74) is 1.43. The Morgan fingerprint density at radius 1 is 1.06 bits per heavy atom. The van der Waals surface area contributed by atoms with Crippen molar-refractivity contribution in [2.75, 3.05) is 4.72 Å². The number of phenols is 1. The molecule has 1 heterocycles. The quantitative estimate of drug-likeness (QED) is 0.251. The van der Waals surface area contributed by atoms with Gasteiger partial charge in [0, 0.05) is 35.6 Å². The van der Waals surface area contributed by atoms with Gasteiger partial charge < -0.3 is 10.4 Å². The van der Waals surface area contributed by atoms with Crippen molar-refractivity contribution in [3.8, 4) is 11.4 Å². The number of aromatic nitrogens is 2. The number of hydrogen-bond donors (Lipinski definition) is 3. The molecule has 0 aliphatic carbocycles. The van der Waals surface area contributed by atoms with E-state index in [0.717, 1.165) is 29.4 Å². The van der Waals surface area contributed by atoms with Crippen LogP contribution in [-0.2, 0) is 16.6 Å². The van der Waals surface area contributed by atoms with E-state index in [1.54, 1.807) is 17.1 Å². The summed E-state index contributed by atoms with van der Waals surface area (Å²) >= 11 is 0. The number of sulfonamides is 1. The highest BCUT2D eigenvalue weighted by Gasteiger charge is 2.21. The zero-order chi connectivity index (χ0) is 25.0. The van der Waals surface area contributed by atoms with E-state index in [1.807, 2.05) is 30.3 Å². The Morgan fingerprint density at radius 2 is 1.77 bits per heavy atom. The van der Waals surface area contributed by atoms with E-state index in [1.165, 1.54) is 24.3 Å². The van der Waals surface area contributed by atoms with Gasteiger partial charge in [0.25, 0.3) is 15.9 Å². The third kappa shape index (κ3) is 5.45. The number of rotatable bonds is 8. The fourth-order valence-corrected chi connectivity index (χ4v) is 4.26. The number of amides is 1. The summed E-state index contributed by atoms with van der Waals surface area (Å²) in [4.78, 5) is 22.2. The zero-order valence-corrected chi connectivity index (χ0v) is 18.8. The molecule has 3 aromatic carbocycles. The Labute approximate surface area is 199 Å². The molecule has 0 bridgehead atoms. The number of hydrogen-bond acceptors (Lipinski definition) is 7. The fraction of sp³-hybridized carbons (Fsp3) is 0.0435. The van der Waals surface area contributed by atoms with Gasteiger partial charge >= 0.3 is 5.69 Å². The summed E-state index contributed by atoms with van der Waals surface area (Å²) in [7, 11) is -4.16. The molecule has 3 N–H and O–H groups in total. The van der Waals surface area contributed by atoms with Crippen LogP contribution >= 0.6 is 0 Å². The molecular weight excluding hydrogens is 474 g/mol. The van der Waals surface area contributed by atoms with Crippen molar-refractivity contribution < 1.29 is 23.2 Å². The highest BCUT2D eigenvalue weighted by molar-refractivity contribution is 7.92. The lowest BCUT2D eigenvalue weighted by molar-refractivity contribution is -0.386. The average molecular weight is 494 g/mol. The van der Waals surface area contributed by atoms with E-state index in [2.05, 4.69) is 15.1 Å². The standard InChI is InChI=1S/C23H19N5O6S/c29-22-11-10-20(12-21(22)28(31)32)35(33,34)26-18-8-6-17(7-9-18)23(30)24-13-16-14-25-27(15-16)19-4-2-1-3-5-19/h1-12,14-15,26,29H,13H2,(H,24,30). The van der Waals surface area contributed by atoms with E-state index >= 15 is 0 Å². The summed E-state index contributed by atoms with van der Waals surface area (Å²) in [6, 6.07) is 18.0. The van der Waals surface area contributed by atoms with Crippen molar-refractivity contribution in [1.82, 2.24) is 15.1 Å². The highest BCUT2D eigenvalue weighted by atomic mass is 32.2. The van der Waals surface area contributed by atoms with Crippen LogP contribution in [-0.4, -0.2) is 34.1 Å². The molecule has 35 heavy (non-hydrogen) atoms.